The molecule has 1 saturated heterocycles. The van der Waals surface area contributed by atoms with Gasteiger partial charge in [-0.25, -0.2) is 9.50 Å². The minimum absolute atomic E-state index is 0.0891. The minimum Gasteiger partial charge on any atom is -0.474 e. The Kier molecular flexibility index (Phi) is 4.43. The lowest BCUT2D eigenvalue weighted by molar-refractivity contribution is 0.0956. The van der Waals surface area contributed by atoms with Crippen LogP contribution < -0.4 is 20.5 Å². The highest BCUT2D eigenvalue weighted by Crippen LogP contribution is 2.34. The number of fused-ring (bicyclic) bond motifs is 4. The molecule has 0 aromatic carbocycles. The number of ether oxygens (including phenoxy) is 1. The summed E-state index contributed by atoms with van der Waals surface area (Å²) in [6, 6.07) is 5.77. The third-order valence-electron chi connectivity index (χ3n) is 5.68. The van der Waals surface area contributed by atoms with Crippen LogP contribution in [0.3, 0.4) is 0 Å². The van der Waals surface area contributed by atoms with Gasteiger partial charge in [-0.15, -0.1) is 0 Å². The zero-order chi connectivity index (χ0) is 20.8. The number of aryl methyl sites for hydroxylation is 1. The number of aromatic amines is 1. The lowest BCUT2D eigenvalue weighted by Crippen LogP contribution is -2.57. The first-order valence-electron chi connectivity index (χ1n) is 9.95. The van der Waals surface area contributed by atoms with Crippen LogP contribution in [0.2, 0.25) is 0 Å². The normalized spacial score (nSPS) is 18.6. The molecule has 1 amide bonds. The lowest BCUT2D eigenvalue weighted by Gasteiger charge is -2.45. The maximum absolute atomic E-state index is 11.8. The second-order valence-electron chi connectivity index (χ2n) is 7.72. The summed E-state index contributed by atoms with van der Waals surface area (Å²) in [6.07, 6.45) is 1.75. The largest absolute Gasteiger partial charge is 0.474 e. The predicted molar refractivity (Wildman–Crippen MR) is 110 cm³/mol. The zero-order valence-corrected chi connectivity index (χ0v) is 16.9. The van der Waals surface area contributed by atoms with Gasteiger partial charge in [-0.1, -0.05) is 0 Å². The SMILES string of the molecule is CNC(=O)c1ccc2c(n1)OCC1CN(Cc3cc4[nH]c(=O)c(C)cn4n3)CCN21. The predicted octanol–water partition coefficient (Wildman–Crippen LogP) is 0.169. The lowest BCUT2D eigenvalue weighted by atomic mass is 10.1. The third kappa shape index (κ3) is 3.18. The zero-order valence-electron chi connectivity index (χ0n) is 16.9. The number of H-pyrrole nitrogens is 1. The molecule has 10 heteroatoms. The van der Waals surface area contributed by atoms with Crippen molar-refractivity contribution in [2.75, 3.05) is 38.2 Å². The first kappa shape index (κ1) is 18.6. The number of anilines is 1. The summed E-state index contributed by atoms with van der Waals surface area (Å²) in [4.78, 5) is 35.5. The minimum atomic E-state index is -0.225. The Labute approximate surface area is 172 Å². The van der Waals surface area contributed by atoms with Crippen molar-refractivity contribution in [3.8, 4) is 5.88 Å². The van der Waals surface area contributed by atoms with Gasteiger partial charge < -0.3 is 19.9 Å². The van der Waals surface area contributed by atoms with Gasteiger partial charge in [0.1, 0.15) is 23.6 Å². The number of pyridine rings is 1. The summed E-state index contributed by atoms with van der Waals surface area (Å²) in [5, 5.41) is 7.18. The van der Waals surface area contributed by atoms with Crippen molar-refractivity contribution < 1.29 is 9.53 Å². The Bertz CT molecular complexity index is 1180. The van der Waals surface area contributed by atoms with Crippen LogP contribution in [0.5, 0.6) is 5.88 Å². The molecule has 5 rings (SSSR count). The van der Waals surface area contributed by atoms with E-state index in [0.717, 1.165) is 31.0 Å². The number of piperazine rings is 1. The molecule has 2 N–H and O–H groups in total. The number of carbonyl (C=O) groups is 1. The van der Waals surface area contributed by atoms with Crippen molar-refractivity contribution in [3.05, 3.63) is 51.7 Å². The Balaban J connectivity index is 1.31. The molecule has 2 aliphatic heterocycles. The molecule has 1 unspecified atom stereocenters. The van der Waals surface area contributed by atoms with Gasteiger partial charge in [0, 0.05) is 51.1 Å². The average Bonchev–Trinajstić information content (AvgIpc) is 3.13. The summed E-state index contributed by atoms with van der Waals surface area (Å²) in [7, 11) is 1.58. The van der Waals surface area contributed by atoms with Crippen molar-refractivity contribution in [2.45, 2.75) is 19.5 Å². The van der Waals surface area contributed by atoms with Gasteiger partial charge in [0.05, 0.1) is 11.7 Å². The fraction of sp³-hybridized carbons (Fsp3) is 0.400. The molecule has 5 heterocycles. The maximum Gasteiger partial charge on any atom is 0.269 e. The van der Waals surface area contributed by atoms with E-state index in [2.05, 4.69) is 30.2 Å². The van der Waals surface area contributed by atoms with Crippen molar-refractivity contribution >= 4 is 17.2 Å². The Morgan fingerprint density at radius 1 is 1.37 bits per heavy atom. The van der Waals surface area contributed by atoms with Gasteiger partial charge in [0.2, 0.25) is 5.88 Å². The molecular weight excluding hydrogens is 386 g/mol. The number of nitrogens with one attached hydrogen (secondary N) is 2. The molecule has 1 atom stereocenters. The van der Waals surface area contributed by atoms with E-state index in [0.29, 0.717) is 35.9 Å². The smallest absolute Gasteiger partial charge is 0.269 e. The van der Waals surface area contributed by atoms with Crippen LogP contribution in [0.15, 0.2) is 29.2 Å². The summed E-state index contributed by atoms with van der Waals surface area (Å²) in [5.74, 6) is 0.290. The molecule has 156 valence electrons. The molecule has 3 aromatic rings. The molecule has 0 saturated carbocycles. The number of nitrogens with zero attached hydrogens (tertiary/aromatic N) is 5. The summed E-state index contributed by atoms with van der Waals surface area (Å²) < 4.78 is 7.60. The van der Waals surface area contributed by atoms with Gasteiger partial charge in [0.15, 0.2) is 0 Å². The fourth-order valence-electron chi connectivity index (χ4n) is 4.11. The number of hydrogen-bond donors (Lipinski definition) is 2. The second kappa shape index (κ2) is 7.13. The molecule has 1 fully saturated rings. The van der Waals surface area contributed by atoms with Gasteiger partial charge >= 0.3 is 0 Å². The van der Waals surface area contributed by atoms with Crippen LogP contribution in [-0.2, 0) is 6.54 Å². The molecule has 3 aromatic heterocycles. The summed E-state index contributed by atoms with van der Waals surface area (Å²) in [6.45, 7) is 5.54. The molecule has 10 nitrogen and oxygen atoms in total. The highest BCUT2D eigenvalue weighted by atomic mass is 16.5. The summed E-state index contributed by atoms with van der Waals surface area (Å²) >= 11 is 0. The molecule has 0 spiro atoms. The first-order valence-corrected chi connectivity index (χ1v) is 9.95. The van der Waals surface area contributed by atoms with E-state index >= 15 is 0 Å². The van der Waals surface area contributed by atoms with E-state index in [1.807, 2.05) is 12.1 Å². The van der Waals surface area contributed by atoms with E-state index in [9.17, 15) is 9.59 Å². The van der Waals surface area contributed by atoms with Crippen LogP contribution in [0.25, 0.3) is 5.65 Å². The van der Waals surface area contributed by atoms with Crippen LogP contribution in [-0.4, -0.2) is 69.7 Å². The quantitative estimate of drug-likeness (QED) is 0.635. The standard InChI is InChI=1S/C20H23N7O3/c1-12-8-27-17(23-18(12)28)7-13(24-27)9-25-5-6-26-14(10-25)11-30-20-16(26)4-3-15(22-20)19(29)21-2/h3-4,7-8,14H,5-6,9-11H2,1-2H3,(H,21,29)(H,23,28). The number of carbonyl (C=O) groups excluding carboxylic acids is 1. The second-order valence-corrected chi connectivity index (χ2v) is 7.72. The van der Waals surface area contributed by atoms with Gasteiger partial charge in [-0.05, 0) is 19.1 Å². The van der Waals surface area contributed by atoms with Crippen LogP contribution in [0, 0.1) is 6.92 Å². The molecule has 2 aliphatic rings. The van der Waals surface area contributed by atoms with E-state index in [-0.39, 0.29) is 17.5 Å². The molecular formula is C20H23N7O3. The van der Waals surface area contributed by atoms with Crippen LogP contribution in [0.1, 0.15) is 21.7 Å². The van der Waals surface area contributed by atoms with Gasteiger partial charge in [-0.3, -0.25) is 14.5 Å². The molecule has 0 aliphatic carbocycles. The van der Waals surface area contributed by atoms with Crippen molar-refractivity contribution in [3.63, 3.8) is 0 Å². The Morgan fingerprint density at radius 3 is 3.07 bits per heavy atom. The topological polar surface area (TPSA) is 108 Å². The van der Waals surface area contributed by atoms with Crippen molar-refractivity contribution in [1.29, 1.82) is 0 Å². The molecule has 0 radical (unpaired) electrons. The Morgan fingerprint density at radius 2 is 2.23 bits per heavy atom. The third-order valence-corrected chi connectivity index (χ3v) is 5.68. The number of aromatic nitrogens is 4. The summed E-state index contributed by atoms with van der Waals surface area (Å²) in [5.41, 5.74) is 3.45. The fourth-order valence-corrected chi connectivity index (χ4v) is 4.11. The van der Waals surface area contributed by atoms with E-state index in [1.165, 1.54) is 0 Å². The molecule has 30 heavy (non-hydrogen) atoms. The average molecular weight is 409 g/mol. The van der Waals surface area contributed by atoms with E-state index < -0.39 is 0 Å². The van der Waals surface area contributed by atoms with Crippen molar-refractivity contribution in [1.82, 2.24) is 29.8 Å². The van der Waals surface area contributed by atoms with Gasteiger partial charge in [-0.2, -0.15) is 5.10 Å². The van der Waals surface area contributed by atoms with Gasteiger partial charge in [0.25, 0.3) is 11.5 Å². The number of rotatable bonds is 3. The number of hydrogen-bond acceptors (Lipinski definition) is 7. The van der Waals surface area contributed by atoms with E-state index in [4.69, 9.17) is 4.74 Å². The van der Waals surface area contributed by atoms with Crippen LogP contribution in [0.4, 0.5) is 5.69 Å². The van der Waals surface area contributed by atoms with E-state index in [1.54, 1.807) is 30.8 Å². The highest BCUT2D eigenvalue weighted by molar-refractivity contribution is 5.92. The first-order chi connectivity index (χ1) is 14.5. The highest BCUT2D eigenvalue weighted by Gasteiger charge is 2.34. The van der Waals surface area contributed by atoms with Crippen molar-refractivity contribution in [2.24, 2.45) is 0 Å². The maximum atomic E-state index is 11.8. The number of amides is 1. The Hall–Kier alpha value is -3.40. The molecule has 0 bridgehead atoms. The van der Waals surface area contributed by atoms with Crippen LogP contribution >= 0.6 is 0 Å². The monoisotopic (exact) mass is 409 g/mol.